The molecule has 1 aromatic heterocycles. The Kier molecular flexibility index (Phi) is 4.91. The van der Waals surface area contributed by atoms with Crippen LogP contribution >= 0.6 is 22.9 Å². The second-order valence-corrected chi connectivity index (χ2v) is 8.26. The molecule has 9 heteroatoms. The van der Waals surface area contributed by atoms with Crippen LogP contribution in [0, 0.1) is 5.82 Å². The molecule has 0 radical (unpaired) electrons. The van der Waals surface area contributed by atoms with Crippen molar-refractivity contribution in [1.82, 2.24) is 4.72 Å². The molecule has 0 saturated heterocycles. The van der Waals surface area contributed by atoms with E-state index < -0.39 is 32.7 Å². The number of fused-ring (bicyclic) bond motifs is 1. The largest absolute Gasteiger partial charge is 0.372 e. The number of carbonyl (C=O) groups excluding carboxylic acids is 1. The van der Waals surface area contributed by atoms with Crippen LogP contribution in [-0.4, -0.2) is 20.9 Å². The van der Waals surface area contributed by atoms with Crippen molar-refractivity contribution < 1.29 is 22.3 Å². The summed E-state index contributed by atoms with van der Waals surface area (Å²) in [5, 5.41) is 1.97. The number of carbonyl (C=O) groups is 1. The minimum absolute atomic E-state index is 0.0682. The minimum atomic E-state index is -4.31. The second-order valence-electron chi connectivity index (χ2n) is 5.23. The van der Waals surface area contributed by atoms with Crippen LogP contribution in [0.2, 0.25) is 5.02 Å². The number of benzene rings is 1. The molecule has 0 spiro atoms. The smallest absolute Gasteiger partial charge is 0.266 e. The van der Waals surface area contributed by atoms with Gasteiger partial charge >= 0.3 is 0 Å². The van der Waals surface area contributed by atoms with Crippen LogP contribution < -0.4 is 4.72 Å². The summed E-state index contributed by atoms with van der Waals surface area (Å²) in [6.45, 7) is 0.472. The van der Waals surface area contributed by atoms with Gasteiger partial charge in [0.05, 0.1) is 13.0 Å². The average molecular weight is 390 g/mol. The molecule has 2 aromatic rings. The number of hydrogen-bond donors (Lipinski definition) is 1. The number of thiophene rings is 1. The molecular weight excluding hydrogens is 377 g/mol. The lowest BCUT2D eigenvalue weighted by molar-refractivity contribution is -0.122. The number of hydrogen-bond acceptors (Lipinski definition) is 5. The topological polar surface area (TPSA) is 72.5 Å². The highest BCUT2D eigenvalue weighted by atomic mass is 35.5. The van der Waals surface area contributed by atoms with E-state index in [1.165, 1.54) is 17.4 Å². The summed E-state index contributed by atoms with van der Waals surface area (Å²) in [6, 6.07) is 5.10. The molecule has 1 amide bonds. The van der Waals surface area contributed by atoms with E-state index in [-0.39, 0.29) is 11.4 Å². The Morgan fingerprint density at radius 3 is 2.96 bits per heavy atom. The Morgan fingerprint density at radius 1 is 1.42 bits per heavy atom. The number of amides is 1. The summed E-state index contributed by atoms with van der Waals surface area (Å²) in [7, 11) is -4.31. The van der Waals surface area contributed by atoms with Crippen molar-refractivity contribution in [3.8, 4) is 0 Å². The van der Waals surface area contributed by atoms with Gasteiger partial charge < -0.3 is 4.74 Å². The molecule has 0 aliphatic carbocycles. The predicted molar refractivity (Wildman–Crippen MR) is 88.1 cm³/mol. The first-order valence-corrected chi connectivity index (χ1v) is 9.79. The van der Waals surface area contributed by atoms with Crippen molar-refractivity contribution >= 4 is 38.9 Å². The highest BCUT2D eigenvalue weighted by molar-refractivity contribution is 7.90. The quantitative estimate of drug-likeness (QED) is 0.872. The zero-order chi connectivity index (χ0) is 17.3. The summed E-state index contributed by atoms with van der Waals surface area (Å²) < 4.78 is 45.5. The van der Waals surface area contributed by atoms with E-state index in [2.05, 4.69) is 0 Å². The van der Waals surface area contributed by atoms with Crippen LogP contribution in [0.4, 0.5) is 4.39 Å². The maximum absolute atomic E-state index is 13.8. The zero-order valence-corrected chi connectivity index (χ0v) is 14.7. The van der Waals surface area contributed by atoms with Crippen molar-refractivity contribution in [2.45, 2.75) is 23.8 Å². The SMILES string of the molecule is O=C(CC1OCCc2ccsc21)NS(=O)(=O)c1ccc(Cl)cc1F. The third-order valence-corrected chi connectivity index (χ3v) is 6.26. The highest BCUT2D eigenvalue weighted by Gasteiger charge is 2.28. The maximum atomic E-state index is 13.8. The first-order valence-electron chi connectivity index (χ1n) is 7.05. The minimum Gasteiger partial charge on any atom is -0.372 e. The monoisotopic (exact) mass is 389 g/mol. The lowest BCUT2D eigenvalue weighted by atomic mass is 10.1. The molecule has 1 unspecified atom stereocenters. The van der Waals surface area contributed by atoms with E-state index in [4.69, 9.17) is 16.3 Å². The fourth-order valence-corrected chi connectivity index (χ4v) is 4.70. The lowest BCUT2D eigenvalue weighted by Gasteiger charge is -2.22. The first-order chi connectivity index (χ1) is 11.4. The molecule has 0 bridgehead atoms. The Morgan fingerprint density at radius 2 is 2.21 bits per heavy atom. The maximum Gasteiger partial charge on any atom is 0.266 e. The normalized spacial score (nSPS) is 17.3. The van der Waals surface area contributed by atoms with Gasteiger partial charge in [-0.05, 0) is 41.6 Å². The highest BCUT2D eigenvalue weighted by Crippen LogP contribution is 2.33. The first kappa shape index (κ1) is 17.3. The molecule has 1 aromatic carbocycles. The molecule has 1 atom stereocenters. The fourth-order valence-electron chi connectivity index (χ4n) is 2.48. The Labute approximate surface area is 147 Å². The van der Waals surface area contributed by atoms with E-state index in [1.54, 1.807) is 0 Å². The molecule has 24 heavy (non-hydrogen) atoms. The lowest BCUT2D eigenvalue weighted by Crippen LogP contribution is -2.33. The Hall–Kier alpha value is -1.48. The van der Waals surface area contributed by atoms with E-state index in [0.29, 0.717) is 6.61 Å². The molecule has 0 saturated carbocycles. The summed E-state index contributed by atoms with van der Waals surface area (Å²) in [5.41, 5.74) is 1.11. The number of rotatable bonds is 4. The fraction of sp³-hybridized carbons (Fsp3) is 0.267. The Bertz CT molecular complexity index is 881. The zero-order valence-electron chi connectivity index (χ0n) is 12.3. The number of sulfonamides is 1. The number of halogens is 2. The van der Waals surface area contributed by atoms with E-state index in [9.17, 15) is 17.6 Å². The summed E-state index contributed by atoms with van der Waals surface area (Å²) in [4.78, 5) is 12.4. The molecule has 0 fully saturated rings. The van der Waals surface area contributed by atoms with E-state index >= 15 is 0 Å². The second kappa shape index (κ2) is 6.79. The van der Waals surface area contributed by atoms with Gasteiger partial charge in [-0.15, -0.1) is 11.3 Å². The molecule has 128 valence electrons. The molecule has 2 heterocycles. The van der Waals surface area contributed by atoms with Gasteiger partial charge in [-0.2, -0.15) is 0 Å². The summed E-state index contributed by atoms with van der Waals surface area (Å²) in [6.07, 6.45) is 0.131. The van der Waals surface area contributed by atoms with Gasteiger partial charge in [-0.1, -0.05) is 11.6 Å². The van der Waals surface area contributed by atoms with Gasteiger partial charge in [0.2, 0.25) is 5.91 Å². The van der Waals surface area contributed by atoms with Crippen molar-refractivity contribution in [3.05, 3.63) is 50.9 Å². The van der Waals surface area contributed by atoms with E-state index in [1.807, 2.05) is 16.2 Å². The van der Waals surface area contributed by atoms with Gasteiger partial charge in [0.15, 0.2) is 0 Å². The van der Waals surface area contributed by atoms with Gasteiger partial charge in [-0.25, -0.2) is 17.5 Å². The molecule has 5 nitrogen and oxygen atoms in total. The molecule has 1 aliphatic rings. The van der Waals surface area contributed by atoms with Crippen LogP contribution in [-0.2, 0) is 26.0 Å². The van der Waals surface area contributed by atoms with Crippen molar-refractivity contribution in [2.75, 3.05) is 6.61 Å². The van der Waals surface area contributed by atoms with E-state index in [0.717, 1.165) is 29.0 Å². The van der Waals surface area contributed by atoms with Crippen LogP contribution in [0.25, 0.3) is 0 Å². The third-order valence-electron chi connectivity index (χ3n) is 3.57. The molecule has 1 N–H and O–H groups in total. The molecular formula is C15H13ClFNO4S2. The average Bonchev–Trinajstić information content (AvgIpc) is 2.95. The number of nitrogens with one attached hydrogen (secondary N) is 1. The van der Waals surface area contributed by atoms with Crippen molar-refractivity contribution in [3.63, 3.8) is 0 Å². The summed E-state index contributed by atoms with van der Waals surface area (Å²) in [5.74, 6) is -1.77. The van der Waals surface area contributed by atoms with Crippen LogP contribution in [0.3, 0.4) is 0 Å². The standard InChI is InChI=1S/C15H13ClFNO4S2/c16-10-1-2-13(11(17)7-10)24(20,21)18-14(19)8-12-15-9(3-5-22-12)4-6-23-15/h1-2,4,6-7,12H,3,5,8H2,(H,18,19). The van der Waals surface area contributed by atoms with Crippen LogP contribution in [0.5, 0.6) is 0 Å². The predicted octanol–water partition coefficient (Wildman–Crippen LogP) is 3.05. The van der Waals surface area contributed by atoms with Gasteiger partial charge in [0.25, 0.3) is 10.0 Å². The molecule has 1 aliphatic heterocycles. The Balaban J connectivity index is 1.73. The van der Waals surface area contributed by atoms with Crippen molar-refractivity contribution in [2.24, 2.45) is 0 Å². The van der Waals surface area contributed by atoms with Crippen molar-refractivity contribution in [1.29, 1.82) is 0 Å². The van der Waals surface area contributed by atoms with Gasteiger partial charge in [0, 0.05) is 9.90 Å². The number of ether oxygens (including phenoxy) is 1. The van der Waals surface area contributed by atoms with Crippen LogP contribution in [0.1, 0.15) is 23.0 Å². The van der Waals surface area contributed by atoms with Crippen LogP contribution in [0.15, 0.2) is 34.5 Å². The van der Waals surface area contributed by atoms with Gasteiger partial charge in [0.1, 0.15) is 16.8 Å². The molecule has 3 rings (SSSR count). The van der Waals surface area contributed by atoms with Gasteiger partial charge in [-0.3, -0.25) is 4.79 Å². The third kappa shape index (κ3) is 3.61. The summed E-state index contributed by atoms with van der Waals surface area (Å²) >= 11 is 7.07.